The van der Waals surface area contributed by atoms with Crippen LogP contribution in [0.3, 0.4) is 0 Å². The highest BCUT2D eigenvalue weighted by Crippen LogP contribution is 2.27. The van der Waals surface area contributed by atoms with Crippen LogP contribution in [0.2, 0.25) is 0 Å². The Hall–Kier alpha value is -2.14. The molecule has 0 aliphatic heterocycles. The minimum atomic E-state index is -0.296. The van der Waals surface area contributed by atoms with E-state index in [1.54, 1.807) is 13.2 Å². The summed E-state index contributed by atoms with van der Waals surface area (Å²) >= 11 is 0. The topological polar surface area (TPSA) is 64.3 Å². The molecule has 1 aromatic heterocycles. The van der Waals surface area contributed by atoms with Gasteiger partial charge in [0.2, 0.25) is 0 Å². The number of aromatic nitrogens is 2. The van der Waals surface area contributed by atoms with Crippen LogP contribution in [0.5, 0.6) is 5.75 Å². The second-order valence-electron chi connectivity index (χ2n) is 4.80. The highest BCUT2D eigenvalue weighted by atomic mass is 16.5. The molecule has 21 heavy (non-hydrogen) atoms. The van der Waals surface area contributed by atoms with Crippen molar-refractivity contribution in [2.45, 2.75) is 32.9 Å². The predicted molar refractivity (Wildman–Crippen MR) is 81.3 cm³/mol. The van der Waals surface area contributed by atoms with E-state index in [1.165, 1.54) is 4.68 Å². The van der Waals surface area contributed by atoms with Gasteiger partial charge in [0.1, 0.15) is 5.75 Å². The summed E-state index contributed by atoms with van der Waals surface area (Å²) in [5, 5.41) is 13.8. The Morgan fingerprint density at radius 2 is 2.10 bits per heavy atom. The fourth-order valence-corrected chi connectivity index (χ4v) is 2.16. The van der Waals surface area contributed by atoms with E-state index in [1.807, 2.05) is 24.3 Å². The molecule has 0 amide bonds. The normalized spacial score (nSPS) is 10.6. The van der Waals surface area contributed by atoms with Gasteiger partial charge < -0.3 is 9.84 Å². The summed E-state index contributed by atoms with van der Waals surface area (Å²) < 4.78 is 6.76. The first-order chi connectivity index (χ1) is 10.2. The SMILES string of the molecule is CCCCn1nc(-c2ccccc2OC)cc(CO)c1=O. The second-order valence-corrected chi connectivity index (χ2v) is 4.80. The molecule has 2 aromatic rings. The number of hydrogen-bond acceptors (Lipinski definition) is 4. The van der Waals surface area contributed by atoms with E-state index in [9.17, 15) is 9.90 Å². The van der Waals surface area contributed by atoms with Crippen molar-refractivity contribution in [3.8, 4) is 17.0 Å². The van der Waals surface area contributed by atoms with Gasteiger partial charge in [0.25, 0.3) is 5.56 Å². The molecule has 1 aromatic carbocycles. The Kier molecular flexibility index (Phi) is 5.11. The highest BCUT2D eigenvalue weighted by molar-refractivity contribution is 5.67. The van der Waals surface area contributed by atoms with Gasteiger partial charge in [0.05, 0.1) is 19.4 Å². The number of unbranched alkanes of at least 4 members (excludes halogenated alkanes) is 1. The molecular weight excluding hydrogens is 268 g/mol. The van der Waals surface area contributed by atoms with Crippen LogP contribution >= 0.6 is 0 Å². The fourth-order valence-electron chi connectivity index (χ4n) is 2.16. The van der Waals surface area contributed by atoms with Gasteiger partial charge in [-0.15, -0.1) is 0 Å². The van der Waals surface area contributed by atoms with Gasteiger partial charge in [0, 0.05) is 17.7 Å². The molecule has 0 spiro atoms. The second kappa shape index (κ2) is 7.04. The number of aliphatic hydroxyl groups excluding tert-OH is 1. The Bertz CT molecular complexity index is 665. The molecular formula is C16H20N2O3. The van der Waals surface area contributed by atoms with E-state index >= 15 is 0 Å². The minimum Gasteiger partial charge on any atom is -0.496 e. The van der Waals surface area contributed by atoms with E-state index < -0.39 is 0 Å². The van der Waals surface area contributed by atoms with Crippen LogP contribution in [0, 0.1) is 0 Å². The summed E-state index contributed by atoms with van der Waals surface area (Å²) in [6, 6.07) is 9.12. The summed E-state index contributed by atoms with van der Waals surface area (Å²) in [7, 11) is 1.60. The lowest BCUT2D eigenvalue weighted by atomic mass is 10.1. The number of para-hydroxylation sites is 1. The number of methoxy groups -OCH3 is 1. The number of ether oxygens (including phenoxy) is 1. The van der Waals surface area contributed by atoms with Crippen molar-refractivity contribution in [2.24, 2.45) is 0 Å². The number of hydrogen-bond donors (Lipinski definition) is 1. The summed E-state index contributed by atoms with van der Waals surface area (Å²) in [5.74, 6) is 0.689. The summed E-state index contributed by atoms with van der Waals surface area (Å²) in [6.45, 7) is 2.31. The van der Waals surface area contributed by atoms with Crippen LogP contribution in [0.25, 0.3) is 11.3 Å². The van der Waals surface area contributed by atoms with Crippen molar-refractivity contribution < 1.29 is 9.84 Å². The molecule has 0 bridgehead atoms. The van der Waals surface area contributed by atoms with Crippen molar-refractivity contribution in [1.29, 1.82) is 0 Å². The first-order valence-electron chi connectivity index (χ1n) is 7.06. The van der Waals surface area contributed by atoms with Gasteiger partial charge in [-0.2, -0.15) is 5.10 Å². The number of rotatable bonds is 6. The number of nitrogens with zero attached hydrogens (tertiary/aromatic N) is 2. The third-order valence-electron chi connectivity index (χ3n) is 3.33. The summed E-state index contributed by atoms with van der Waals surface area (Å²) in [4.78, 5) is 12.2. The summed E-state index contributed by atoms with van der Waals surface area (Å²) in [6.07, 6.45) is 1.84. The van der Waals surface area contributed by atoms with Crippen LogP contribution in [0.1, 0.15) is 25.3 Å². The highest BCUT2D eigenvalue weighted by Gasteiger charge is 2.12. The van der Waals surface area contributed by atoms with Gasteiger partial charge in [-0.1, -0.05) is 25.5 Å². The zero-order chi connectivity index (χ0) is 15.2. The molecule has 5 heteroatoms. The van der Waals surface area contributed by atoms with Gasteiger partial charge in [0.15, 0.2) is 0 Å². The van der Waals surface area contributed by atoms with Crippen LogP contribution in [0.15, 0.2) is 35.1 Å². The van der Waals surface area contributed by atoms with E-state index in [0.29, 0.717) is 23.6 Å². The zero-order valence-electron chi connectivity index (χ0n) is 12.4. The lowest BCUT2D eigenvalue weighted by Crippen LogP contribution is -2.26. The maximum atomic E-state index is 12.2. The molecule has 0 aliphatic rings. The molecule has 5 nitrogen and oxygen atoms in total. The van der Waals surface area contributed by atoms with E-state index in [4.69, 9.17) is 4.74 Å². The fraction of sp³-hybridized carbons (Fsp3) is 0.375. The van der Waals surface area contributed by atoms with Crippen molar-refractivity contribution in [3.63, 3.8) is 0 Å². The Morgan fingerprint density at radius 1 is 1.33 bits per heavy atom. The smallest absolute Gasteiger partial charge is 0.272 e. The Balaban J connectivity index is 2.55. The zero-order valence-corrected chi connectivity index (χ0v) is 12.4. The molecule has 0 atom stereocenters. The predicted octanol–water partition coefficient (Wildman–Crippen LogP) is 2.21. The monoisotopic (exact) mass is 288 g/mol. The van der Waals surface area contributed by atoms with Crippen LogP contribution in [-0.4, -0.2) is 22.0 Å². The molecule has 0 aliphatic carbocycles. The standard InChI is InChI=1S/C16H20N2O3/c1-3-4-9-18-16(20)12(11-19)10-14(17-18)13-7-5-6-8-15(13)21-2/h5-8,10,19H,3-4,9,11H2,1-2H3. The molecule has 112 valence electrons. The molecule has 0 saturated heterocycles. The molecule has 2 rings (SSSR count). The summed E-state index contributed by atoms with van der Waals surface area (Å²) in [5.41, 5.74) is 1.55. The third kappa shape index (κ3) is 3.31. The molecule has 0 fully saturated rings. The Labute approximate surface area is 123 Å². The van der Waals surface area contributed by atoms with Crippen molar-refractivity contribution in [1.82, 2.24) is 9.78 Å². The van der Waals surface area contributed by atoms with Gasteiger partial charge >= 0.3 is 0 Å². The lowest BCUT2D eigenvalue weighted by Gasteiger charge is -2.11. The first kappa shape index (κ1) is 15.3. The first-order valence-corrected chi connectivity index (χ1v) is 7.06. The average Bonchev–Trinajstić information content (AvgIpc) is 2.53. The number of aliphatic hydroxyl groups is 1. The van der Waals surface area contributed by atoms with E-state index in [0.717, 1.165) is 18.4 Å². The molecule has 0 radical (unpaired) electrons. The van der Waals surface area contributed by atoms with Crippen LogP contribution in [-0.2, 0) is 13.2 Å². The maximum absolute atomic E-state index is 12.2. The van der Waals surface area contributed by atoms with Crippen molar-refractivity contribution in [2.75, 3.05) is 7.11 Å². The molecule has 0 unspecified atom stereocenters. The largest absolute Gasteiger partial charge is 0.496 e. The maximum Gasteiger partial charge on any atom is 0.272 e. The van der Waals surface area contributed by atoms with Crippen molar-refractivity contribution in [3.05, 3.63) is 46.2 Å². The van der Waals surface area contributed by atoms with Crippen LogP contribution < -0.4 is 10.3 Å². The van der Waals surface area contributed by atoms with Gasteiger partial charge in [-0.3, -0.25) is 4.79 Å². The Morgan fingerprint density at radius 3 is 2.76 bits per heavy atom. The molecule has 0 saturated carbocycles. The molecule has 1 heterocycles. The lowest BCUT2D eigenvalue weighted by molar-refractivity contribution is 0.278. The average molecular weight is 288 g/mol. The number of benzene rings is 1. The minimum absolute atomic E-state index is 0.232. The van der Waals surface area contributed by atoms with Gasteiger partial charge in [-0.05, 0) is 24.6 Å². The van der Waals surface area contributed by atoms with Gasteiger partial charge in [-0.25, -0.2) is 4.68 Å². The third-order valence-corrected chi connectivity index (χ3v) is 3.33. The van der Waals surface area contributed by atoms with E-state index in [2.05, 4.69) is 12.0 Å². The van der Waals surface area contributed by atoms with Crippen LogP contribution in [0.4, 0.5) is 0 Å². The van der Waals surface area contributed by atoms with E-state index in [-0.39, 0.29) is 12.2 Å². The number of aryl methyl sites for hydroxylation is 1. The van der Waals surface area contributed by atoms with Crippen molar-refractivity contribution >= 4 is 0 Å². The quantitative estimate of drug-likeness (QED) is 0.885. The molecule has 1 N–H and O–H groups in total.